The quantitative estimate of drug-likeness (QED) is 0.167. The minimum atomic E-state index is 0.866. The first-order valence-electron chi connectivity index (χ1n) is 18.0. The summed E-state index contributed by atoms with van der Waals surface area (Å²) in [5.41, 5.74) is 9.65. The van der Waals surface area contributed by atoms with Gasteiger partial charge in [-0.3, -0.25) is 0 Å². The Morgan fingerprint density at radius 1 is 0.358 bits per heavy atom. The van der Waals surface area contributed by atoms with E-state index in [-0.39, 0.29) is 0 Å². The molecule has 0 aliphatic heterocycles. The van der Waals surface area contributed by atoms with Crippen molar-refractivity contribution in [3.05, 3.63) is 188 Å². The fourth-order valence-electron chi connectivity index (χ4n) is 8.06. The van der Waals surface area contributed by atoms with Crippen molar-refractivity contribution < 1.29 is 4.42 Å². The van der Waals surface area contributed by atoms with E-state index in [1.807, 2.05) is 11.3 Å². The first-order valence-corrected chi connectivity index (χ1v) is 18.8. The Kier molecular flexibility index (Phi) is 6.76. The number of nitrogens with zero attached hydrogens (tertiary/aromatic N) is 1. The lowest BCUT2D eigenvalue weighted by atomic mass is 10.0. The van der Waals surface area contributed by atoms with Crippen molar-refractivity contribution >= 4 is 92.1 Å². The summed E-state index contributed by atoms with van der Waals surface area (Å²) in [7, 11) is 0. The van der Waals surface area contributed by atoms with Crippen molar-refractivity contribution in [3.63, 3.8) is 0 Å². The minimum absolute atomic E-state index is 0.866. The van der Waals surface area contributed by atoms with E-state index < -0.39 is 0 Å². The van der Waals surface area contributed by atoms with Gasteiger partial charge in [-0.1, -0.05) is 133 Å². The molecule has 9 aromatic carbocycles. The number of fused-ring (bicyclic) bond motifs is 9. The van der Waals surface area contributed by atoms with Crippen LogP contribution >= 0.6 is 11.3 Å². The van der Waals surface area contributed by atoms with Gasteiger partial charge in [0.15, 0.2) is 0 Å². The Labute approximate surface area is 310 Å². The van der Waals surface area contributed by atoms with Crippen LogP contribution in [-0.4, -0.2) is 0 Å². The zero-order valence-electron chi connectivity index (χ0n) is 28.7. The van der Waals surface area contributed by atoms with E-state index in [1.54, 1.807) is 0 Å². The molecule has 248 valence electrons. The van der Waals surface area contributed by atoms with Crippen LogP contribution in [0.1, 0.15) is 0 Å². The largest absolute Gasteiger partial charge is 0.455 e. The molecule has 0 atom stereocenters. The number of hydrogen-bond donors (Lipinski definition) is 0. The van der Waals surface area contributed by atoms with E-state index in [1.165, 1.54) is 52.8 Å². The van der Waals surface area contributed by atoms with E-state index in [2.05, 4.69) is 193 Å². The van der Waals surface area contributed by atoms with Gasteiger partial charge in [-0.05, 0) is 86.8 Å². The lowest BCUT2D eigenvalue weighted by Crippen LogP contribution is -2.09. The van der Waals surface area contributed by atoms with Gasteiger partial charge < -0.3 is 9.32 Å². The minimum Gasteiger partial charge on any atom is -0.455 e. The predicted molar refractivity (Wildman–Crippen MR) is 227 cm³/mol. The van der Waals surface area contributed by atoms with Crippen LogP contribution in [-0.2, 0) is 0 Å². The van der Waals surface area contributed by atoms with E-state index >= 15 is 0 Å². The Hall–Kier alpha value is -6.68. The van der Waals surface area contributed by atoms with E-state index in [9.17, 15) is 0 Å². The first-order chi connectivity index (χ1) is 26.2. The molecule has 0 unspecified atom stereocenters. The number of furan rings is 1. The number of para-hydroxylation sites is 1. The van der Waals surface area contributed by atoms with Gasteiger partial charge in [0.2, 0.25) is 0 Å². The molecule has 2 heterocycles. The van der Waals surface area contributed by atoms with Crippen molar-refractivity contribution in [2.75, 3.05) is 4.90 Å². The highest BCUT2D eigenvalue weighted by molar-refractivity contribution is 7.25. The van der Waals surface area contributed by atoms with Crippen LogP contribution in [0.25, 0.3) is 85.9 Å². The average molecular weight is 694 g/mol. The van der Waals surface area contributed by atoms with Gasteiger partial charge in [-0.2, -0.15) is 0 Å². The second-order valence-electron chi connectivity index (χ2n) is 13.7. The molecule has 0 spiro atoms. The van der Waals surface area contributed by atoms with Gasteiger partial charge in [-0.25, -0.2) is 0 Å². The number of anilines is 3. The lowest BCUT2D eigenvalue weighted by Gasteiger charge is -2.26. The van der Waals surface area contributed by atoms with Crippen LogP contribution in [0.4, 0.5) is 17.1 Å². The summed E-state index contributed by atoms with van der Waals surface area (Å²) in [6, 6.07) is 67.9. The zero-order valence-corrected chi connectivity index (χ0v) is 29.5. The van der Waals surface area contributed by atoms with Crippen LogP contribution in [0.15, 0.2) is 192 Å². The average Bonchev–Trinajstić information content (AvgIpc) is 3.79. The Bertz CT molecular complexity index is 3170. The Morgan fingerprint density at radius 2 is 1.00 bits per heavy atom. The molecular formula is C50H31NOS. The molecule has 0 amide bonds. The second-order valence-corrected chi connectivity index (χ2v) is 14.8. The van der Waals surface area contributed by atoms with Crippen molar-refractivity contribution in [1.29, 1.82) is 0 Å². The summed E-state index contributed by atoms with van der Waals surface area (Å²) in [6.07, 6.45) is 0. The Morgan fingerprint density at radius 3 is 1.89 bits per heavy atom. The van der Waals surface area contributed by atoms with E-state index in [0.717, 1.165) is 50.1 Å². The van der Waals surface area contributed by atoms with Crippen molar-refractivity contribution in [3.8, 4) is 22.3 Å². The third kappa shape index (κ3) is 4.93. The molecule has 11 aromatic rings. The number of hydrogen-bond acceptors (Lipinski definition) is 3. The SMILES string of the molecule is c1ccc(-c2cccc3c2oc2cc(N(c4ccc(-c5ccc6c(c5)sc5ccccc56)cc4)c4ccc5ccc6ccccc6c5c4)ccc23)cc1. The van der Waals surface area contributed by atoms with Crippen LogP contribution in [0.2, 0.25) is 0 Å². The summed E-state index contributed by atoms with van der Waals surface area (Å²) in [5.74, 6) is 0. The maximum Gasteiger partial charge on any atom is 0.143 e. The molecule has 0 radical (unpaired) electrons. The fraction of sp³-hybridized carbons (Fsp3) is 0. The molecule has 0 aliphatic carbocycles. The maximum atomic E-state index is 6.74. The molecule has 3 heteroatoms. The van der Waals surface area contributed by atoms with Crippen LogP contribution in [0.3, 0.4) is 0 Å². The normalized spacial score (nSPS) is 11.8. The van der Waals surface area contributed by atoms with Gasteiger partial charge in [0.1, 0.15) is 11.2 Å². The maximum absolute atomic E-state index is 6.74. The second kappa shape index (κ2) is 11.9. The van der Waals surface area contributed by atoms with E-state index in [0.29, 0.717) is 0 Å². The Balaban J connectivity index is 1.07. The smallest absolute Gasteiger partial charge is 0.143 e. The molecule has 53 heavy (non-hydrogen) atoms. The number of benzene rings is 9. The highest BCUT2D eigenvalue weighted by Gasteiger charge is 2.18. The number of rotatable bonds is 5. The lowest BCUT2D eigenvalue weighted by molar-refractivity contribution is 0.670. The fourth-order valence-corrected chi connectivity index (χ4v) is 9.20. The standard InChI is InChI=1S/C50H31NOS/c1-2-9-33(10-3-1)41-14-8-15-45-42-28-26-39(31-47(42)52-50(41)45)51(38-25-21-35-18-17-34-11-4-5-12-40(34)46(35)30-38)37-23-19-32(20-24-37)36-22-27-44-43-13-6-7-16-48(43)53-49(44)29-36/h1-31H. The molecule has 0 saturated heterocycles. The molecule has 0 fully saturated rings. The third-order valence-electron chi connectivity index (χ3n) is 10.7. The molecular weight excluding hydrogens is 663 g/mol. The molecule has 0 saturated carbocycles. The van der Waals surface area contributed by atoms with E-state index in [4.69, 9.17) is 4.42 Å². The van der Waals surface area contributed by atoms with Gasteiger partial charge in [0.05, 0.1) is 0 Å². The van der Waals surface area contributed by atoms with Crippen LogP contribution in [0.5, 0.6) is 0 Å². The van der Waals surface area contributed by atoms with Gasteiger partial charge in [0.25, 0.3) is 0 Å². The van der Waals surface area contributed by atoms with Crippen molar-refractivity contribution in [1.82, 2.24) is 0 Å². The molecule has 11 rings (SSSR count). The van der Waals surface area contributed by atoms with Crippen molar-refractivity contribution in [2.24, 2.45) is 0 Å². The van der Waals surface area contributed by atoms with Crippen LogP contribution < -0.4 is 4.90 Å². The topological polar surface area (TPSA) is 16.4 Å². The molecule has 2 nitrogen and oxygen atoms in total. The molecule has 0 aliphatic rings. The van der Waals surface area contributed by atoms with Gasteiger partial charge >= 0.3 is 0 Å². The highest BCUT2D eigenvalue weighted by atomic mass is 32.1. The van der Waals surface area contributed by atoms with Gasteiger partial charge in [0, 0.05) is 59.6 Å². The van der Waals surface area contributed by atoms with Crippen LogP contribution in [0, 0.1) is 0 Å². The predicted octanol–water partition coefficient (Wildman–Crippen LogP) is 15.1. The summed E-state index contributed by atoms with van der Waals surface area (Å²) < 4.78 is 9.37. The summed E-state index contributed by atoms with van der Waals surface area (Å²) in [4.78, 5) is 2.35. The summed E-state index contributed by atoms with van der Waals surface area (Å²) >= 11 is 1.86. The number of thiophene rings is 1. The molecule has 0 bridgehead atoms. The van der Waals surface area contributed by atoms with Crippen molar-refractivity contribution in [2.45, 2.75) is 0 Å². The van der Waals surface area contributed by atoms with Gasteiger partial charge in [-0.15, -0.1) is 11.3 Å². The first kappa shape index (κ1) is 30.0. The summed E-state index contributed by atoms with van der Waals surface area (Å²) in [6.45, 7) is 0. The summed E-state index contributed by atoms with van der Waals surface area (Å²) in [5, 5.41) is 9.82. The molecule has 0 N–H and O–H groups in total. The monoisotopic (exact) mass is 693 g/mol. The third-order valence-corrected chi connectivity index (χ3v) is 11.8. The molecule has 2 aromatic heterocycles. The zero-order chi connectivity index (χ0) is 34.9. The highest BCUT2D eigenvalue weighted by Crippen LogP contribution is 2.43.